The van der Waals surface area contributed by atoms with Gasteiger partial charge < -0.3 is 9.47 Å². The average molecular weight is 234 g/mol. The average Bonchev–Trinajstić information content (AvgIpc) is 2.38. The molecule has 0 amide bonds. The van der Waals surface area contributed by atoms with Gasteiger partial charge >= 0.3 is 5.97 Å². The van der Waals surface area contributed by atoms with Crippen molar-refractivity contribution in [1.82, 2.24) is 0 Å². The summed E-state index contributed by atoms with van der Waals surface area (Å²) in [6.07, 6.45) is 4.80. The quantitative estimate of drug-likeness (QED) is 0.431. The van der Waals surface area contributed by atoms with Crippen molar-refractivity contribution in [3.63, 3.8) is 0 Å². The molecule has 1 rings (SSSR count). The molecule has 0 aromatic heterocycles. The second-order valence-electron chi connectivity index (χ2n) is 3.53. The van der Waals surface area contributed by atoms with Gasteiger partial charge in [0.1, 0.15) is 0 Å². The number of rotatable bonds is 6. The van der Waals surface area contributed by atoms with E-state index >= 15 is 0 Å². The Morgan fingerprint density at radius 3 is 2.88 bits per heavy atom. The maximum atomic E-state index is 11.3. The van der Waals surface area contributed by atoms with E-state index in [0.717, 1.165) is 18.6 Å². The van der Waals surface area contributed by atoms with Crippen molar-refractivity contribution in [3.05, 3.63) is 47.5 Å². The zero-order chi connectivity index (χ0) is 12.5. The minimum Gasteiger partial charge on any atom is -0.465 e. The molecule has 0 aliphatic carbocycles. The van der Waals surface area contributed by atoms with Crippen molar-refractivity contribution >= 4 is 5.97 Å². The molecule has 1 aromatic rings. The maximum Gasteiger partial charge on any atom is 0.337 e. The van der Waals surface area contributed by atoms with Crippen LogP contribution >= 0.6 is 0 Å². The third-order valence-electron chi connectivity index (χ3n) is 2.29. The molecule has 0 saturated heterocycles. The zero-order valence-electron chi connectivity index (χ0n) is 10.3. The molecule has 0 N–H and O–H groups in total. The van der Waals surface area contributed by atoms with Crippen molar-refractivity contribution in [2.45, 2.75) is 13.3 Å². The molecule has 0 radical (unpaired) electrons. The number of methoxy groups -OCH3 is 1. The number of hydrogen-bond donors (Lipinski definition) is 0. The van der Waals surface area contributed by atoms with E-state index in [9.17, 15) is 4.79 Å². The largest absolute Gasteiger partial charge is 0.465 e. The van der Waals surface area contributed by atoms with Gasteiger partial charge in [0.05, 0.1) is 19.3 Å². The van der Waals surface area contributed by atoms with Crippen LogP contribution < -0.4 is 0 Å². The molecule has 1 aromatic carbocycles. The second-order valence-corrected chi connectivity index (χ2v) is 3.53. The predicted molar refractivity (Wildman–Crippen MR) is 67.1 cm³/mol. The molecule has 0 atom stereocenters. The van der Waals surface area contributed by atoms with Gasteiger partial charge in [-0.3, -0.25) is 0 Å². The number of ether oxygens (including phenoxy) is 2. The fraction of sp³-hybridized carbons (Fsp3) is 0.357. The Hall–Kier alpha value is -1.61. The maximum absolute atomic E-state index is 11.3. The van der Waals surface area contributed by atoms with Gasteiger partial charge in [-0.2, -0.15) is 0 Å². The van der Waals surface area contributed by atoms with E-state index in [1.165, 1.54) is 7.11 Å². The third-order valence-corrected chi connectivity index (χ3v) is 2.29. The Morgan fingerprint density at radius 2 is 2.18 bits per heavy atom. The summed E-state index contributed by atoms with van der Waals surface area (Å²) in [6.45, 7) is 3.32. The van der Waals surface area contributed by atoms with Gasteiger partial charge in [-0.25, -0.2) is 4.79 Å². The fourth-order valence-electron chi connectivity index (χ4n) is 1.42. The standard InChI is InChI=1S/C14H18O3/c1-3-17-10-5-4-7-12-8-6-9-13(11-12)14(15)16-2/h4-6,8-9,11H,3,7,10H2,1-2H3. The Labute approximate surface area is 102 Å². The monoisotopic (exact) mass is 234 g/mol. The fourth-order valence-corrected chi connectivity index (χ4v) is 1.42. The van der Waals surface area contributed by atoms with Crippen molar-refractivity contribution in [3.8, 4) is 0 Å². The van der Waals surface area contributed by atoms with Crippen LogP contribution in [-0.4, -0.2) is 26.3 Å². The van der Waals surface area contributed by atoms with E-state index in [2.05, 4.69) is 4.74 Å². The topological polar surface area (TPSA) is 35.5 Å². The predicted octanol–water partition coefficient (Wildman–Crippen LogP) is 2.61. The van der Waals surface area contributed by atoms with E-state index in [4.69, 9.17) is 4.74 Å². The summed E-state index contributed by atoms with van der Waals surface area (Å²) in [6, 6.07) is 7.44. The van der Waals surface area contributed by atoms with Crippen molar-refractivity contribution in [2.75, 3.05) is 20.3 Å². The Bertz CT molecular complexity index is 383. The third kappa shape index (κ3) is 4.83. The van der Waals surface area contributed by atoms with Gasteiger partial charge in [-0.15, -0.1) is 0 Å². The van der Waals surface area contributed by atoms with Crippen LogP contribution in [0.3, 0.4) is 0 Å². The number of carbonyl (C=O) groups is 1. The Kier molecular flexibility index (Phi) is 6.04. The summed E-state index contributed by atoms with van der Waals surface area (Å²) in [4.78, 5) is 11.3. The number of hydrogen-bond acceptors (Lipinski definition) is 3. The van der Waals surface area contributed by atoms with E-state index < -0.39 is 0 Å². The number of allylic oxidation sites excluding steroid dienone is 1. The van der Waals surface area contributed by atoms with Crippen molar-refractivity contribution in [1.29, 1.82) is 0 Å². The second kappa shape index (κ2) is 7.63. The summed E-state index contributed by atoms with van der Waals surface area (Å²) in [5.74, 6) is -0.301. The SMILES string of the molecule is CCOCC=CCc1cccc(C(=O)OC)c1. The molecule has 0 bridgehead atoms. The lowest BCUT2D eigenvalue weighted by molar-refractivity contribution is 0.0600. The molecule has 0 fully saturated rings. The van der Waals surface area contributed by atoms with Crippen LogP contribution in [0.4, 0.5) is 0 Å². The molecule has 0 aliphatic rings. The highest BCUT2D eigenvalue weighted by Gasteiger charge is 2.04. The lowest BCUT2D eigenvalue weighted by atomic mass is 10.1. The molecule has 92 valence electrons. The van der Waals surface area contributed by atoms with E-state index in [1.807, 2.05) is 37.3 Å². The van der Waals surface area contributed by atoms with Gasteiger partial charge in [0.2, 0.25) is 0 Å². The first-order valence-corrected chi connectivity index (χ1v) is 5.68. The molecule has 3 heteroatoms. The first-order chi connectivity index (χ1) is 8.27. The van der Waals surface area contributed by atoms with Crippen LogP contribution in [0.1, 0.15) is 22.8 Å². The molecule has 0 aliphatic heterocycles. The van der Waals surface area contributed by atoms with Gasteiger partial charge in [0.15, 0.2) is 0 Å². The Balaban J connectivity index is 2.54. The summed E-state index contributed by atoms with van der Waals surface area (Å²) < 4.78 is 9.86. The number of benzene rings is 1. The summed E-state index contributed by atoms with van der Waals surface area (Å²) in [7, 11) is 1.39. The lowest BCUT2D eigenvalue weighted by Gasteiger charge is -2.01. The minimum absolute atomic E-state index is 0.301. The molecule has 3 nitrogen and oxygen atoms in total. The molecule has 0 saturated carbocycles. The number of esters is 1. The zero-order valence-corrected chi connectivity index (χ0v) is 10.3. The first-order valence-electron chi connectivity index (χ1n) is 5.68. The Morgan fingerprint density at radius 1 is 1.35 bits per heavy atom. The van der Waals surface area contributed by atoms with Gasteiger partial charge in [-0.05, 0) is 31.0 Å². The van der Waals surface area contributed by atoms with E-state index in [-0.39, 0.29) is 5.97 Å². The molecule has 17 heavy (non-hydrogen) atoms. The number of carbonyl (C=O) groups excluding carboxylic acids is 1. The first kappa shape index (κ1) is 13.5. The minimum atomic E-state index is -0.301. The van der Waals surface area contributed by atoms with Crippen LogP contribution in [0.15, 0.2) is 36.4 Å². The summed E-state index contributed by atoms with van der Waals surface area (Å²) >= 11 is 0. The van der Waals surface area contributed by atoms with Crippen molar-refractivity contribution < 1.29 is 14.3 Å². The van der Waals surface area contributed by atoms with Crippen LogP contribution in [0.2, 0.25) is 0 Å². The smallest absolute Gasteiger partial charge is 0.337 e. The molecule has 0 heterocycles. The highest BCUT2D eigenvalue weighted by molar-refractivity contribution is 5.89. The normalized spacial score (nSPS) is 10.7. The van der Waals surface area contributed by atoms with Crippen LogP contribution in [0, 0.1) is 0 Å². The molecule has 0 unspecified atom stereocenters. The highest BCUT2D eigenvalue weighted by Crippen LogP contribution is 2.07. The summed E-state index contributed by atoms with van der Waals surface area (Å²) in [5, 5.41) is 0. The van der Waals surface area contributed by atoms with Gasteiger partial charge in [0, 0.05) is 6.61 Å². The lowest BCUT2D eigenvalue weighted by Crippen LogP contribution is -2.01. The van der Waals surface area contributed by atoms with E-state index in [0.29, 0.717) is 12.2 Å². The highest BCUT2D eigenvalue weighted by atomic mass is 16.5. The molecular weight excluding hydrogens is 216 g/mol. The van der Waals surface area contributed by atoms with E-state index in [1.54, 1.807) is 6.07 Å². The van der Waals surface area contributed by atoms with Crippen LogP contribution in [0.5, 0.6) is 0 Å². The van der Waals surface area contributed by atoms with Crippen LogP contribution in [-0.2, 0) is 15.9 Å². The van der Waals surface area contributed by atoms with Crippen LogP contribution in [0.25, 0.3) is 0 Å². The van der Waals surface area contributed by atoms with Crippen molar-refractivity contribution in [2.24, 2.45) is 0 Å². The summed E-state index contributed by atoms with van der Waals surface area (Å²) in [5.41, 5.74) is 1.67. The molecule has 0 spiro atoms. The van der Waals surface area contributed by atoms with Gasteiger partial charge in [-0.1, -0.05) is 24.3 Å². The van der Waals surface area contributed by atoms with Gasteiger partial charge in [0.25, 0.3) is 0 Å². The molecular formula is C14H18O3.